The van der Waals surface area contributed by atoms with Gasteiger partial charge in [-0.15, -0.1) is 6.42 Å². The second kappa shape index (κ2) is 6.94. The quantitative estimate of drug-likeness (QED) is 0.404. The molecule has 0 aliphatic carbocycles. The summed E-state index contributed by atoms with van der Waals surface area (Å²) in [4.78, 5) is 27.5. The average Bonchev–Trinajstić information content (AvgIpc) is 2.93. The number of thiazole rings is 1. The number of nitro benzene ring substituents is 1. The van der Waals surface area contributed by atoms with Crippen LogP contribution in [0, 0.1) is 36.3 Å². The Morgan fingerprint density at radius 1 is 1.35 bits per heavy atom. The lowest BCUT2D eigenvalue weighted by Crippen LogP contribution is -2.16. The molecule has 0 saturated carbocycles. The number of hydrogen-bond donors (Lipinski definition) is 0. The Morgan fingerprint density at radius 2 is 2.12 bits per heavy atom. The van der Waals surface area contributed by atoms with Gasteiger partial charge in [-0.05, 0) is 37.1 Å². The monoisotopic (exact) mass is 365 g/mol. The molecule has 7 heteroatoms. The predicted octanol–water partition coefficient (Wildman–Crippen LogP) is 3.60. The molecule has 1 heterocycles. The highest BCUT2D eigenvalue weighted by Crippen LogP contribution is 2.23. The van der Waals surface area contributed by atoms with Gasteiger partial charge in [0.1, 0.15) is 0 Å². The minimum absolute atomic E-state index is 0.148. The van der Waals surface area contributed by atoms with Gasteiger partial charge in [-0.1, -0.05) is 29.4 Å². The molecule has 0 aliphatic rings. The van der Waals surface area contributed by atoms with Crippen LogP contribution in [0.2, 0.25) is 0 Å². The molecule has 0 saturated heterocycles. The lowest BCUT2D eigenvalue weighted by molar-refractivity contribution is -0.384. The molecular weight excluding hydrogens is 350 g/mol. The van der Waals surface area contributed by atoms with Gasteiger partial charge in [-0.2, -0.15) is 4.99 Å². The Hall–Kier alpha value is -3.24. The molecule has 0 atom stereocenters. The van der Waals surface area contributed by atoms with E-state index in [1.807, 2.05) is 24.5 Å². The smallest absolute Gasteiger partial charge is 0.279 e. The summed E-state index contributed by atoms with van der Waals surface area (Å²) in [5.74, 6) is 2.05. The number of rotatable bonds is 3. The molecule has 2 aromatic carbocycles. The molecule has 0 radical (unpaired) electrons. The van der Waals surface area contributed by atoms with Crippen molar-refractivity contribution in [1.82, 2.24) is 4.57 Å². The fourth-order valence-corrected chi connectivity index (χ4v) is 3.82. The topological polar surface area (TPSA) is 77.5 Å². The van der Waals surface area contributed by atoms with Crippen molar-refractivity contribution in [2.24, 2.45) is 4.99 Å². The number of carbonyl (C=O) groups is 1. The van der Waals surface area contributed by atoms with E-state index >= 15 is 0 Å². The zero-order valence-electron chi connectivity index (χ0n) is 14.2. The SMILES string of the molecule is C#CCn1c(=NC(=O)c2cccc([N+](=O)[O-])c2)sc2c(C)cc(C)cc21. The number of carbonyl (C=O) groups excluding carboxylic acids is 1. The number of non-ortho nitro benzene ring substituents is 1. The molecule has 3 aromatic rings. The van der Waals surface area contributed by atoms with E-state index in [4.69, 9.17) is 6.42 Å². The van der Waals surface area contributed by atoms with Crippen molar-refractivity contribution in [2.75, 3.05) is 0 Å². The molecule has 0 N–H and O–H groups in total. The first-order chi connectivity index (χ1) is 12.4. The molecule has 130 valence electrons. The average molecular weight is 365 g/mol. The van der Waals surface area contributed by atoms with Gasteiger partial charge in [0.05, 0.1) is 21.7 Å². The first kappa shape index (κ1) is 17.6. The summed E-state index contributed by atoms with van der Waals surface area (Å²) in [5, 5.41) is 10.9. The zero-order valence-corrected chi connectivity index (χ0v) is 15.0. The Bertz CT molecular complexity index is 1150. The van der Waals surface area contributed by atoms with Crippen LogP contribution in [0.25, 0.3) is 10.2 Å². The van der Waals surface area contributed by atoms with Crippen molar-refractivity contribution in [2.45, 2.75) is 20.4 Å². The van der Waals surface area contributed by atoms with E-state index < -0.39 is 10.8 Å². The number of fused-ring (bicyclic) bond motifs is 1. The lowest BCUT2D eigenvalue weighted by atomic mass is 10.1. The van der Waals surface area contributed by atoms with E-state index in [-0.39, 0.29) is 17.8 Å². The molecule has 0 aliphatic heterocycles. The van der Waals surface area contributed by atoms with E-state index in [0.717, 1.165) is 21.3 Å². The van der Waals surface area contributed by atoms with E-state index in [1.165, 1.54) is 35.6 Å². The Labute approximate surface area is 153 Å². The predicted molar refractivity (Wildman–Crippen MR) is 101 cm³/mol. The fourth-order valence-electron chi connectivity index (χ4n) is 2.75. The molecule has 0 fully saturated rings. The Kier molecular flexibility index (Phi) is 4.69. The largest absolute Gasteiger partial charge is 0.305 e. The molecular formula is C19H15N3O3S. The number of nitrogens with zero attached hydrogens (tertiary/aromatic N) is 3. The van der Waals surface area contributed by atoms with Gasteiger partial charge >= 0.3 is 0 Å². The first-order valence-corrected chi connectivity index (χ1v) is 8.60. The van der Waals surface area contributed by atoms with Gasteiger partial charge in [-0.3, -0.25) is 14.9 Å². The zero-order chi connectivity index (χ0) is 18.8. The highest BCUT2D eigenvalue weighted by atomic mass is 32.1. The van der Waals surface area contributed by atoms with Gasteiger partial charge in [0.2, 0.25) is 0 Å². The number of hydrogen-bond acceptors (Lipinski definition) is 4. The van der Waals surface area contributed by atoms with Crippen molar-refractivity contribution >= 4 is 33.1 Å². The molecule has 0 spiro atoms. The van der Waals surface area contributed by atoms with Crippen LogP contribution in [0.5, 0.6) is 0 Å². The molecule has 1 aromatic heterocycles. The number of nitro groups is 1. The van der Waals surface area contributed by atoms with E-state index in [9.17, 15) is 14.9 Å². The van der Waals surface area contributed by atoms with Crippen LogP contribution in [-0.2, 0) is 6.54 Å². The lowest BCUT2D eigenvalue weighted by Gasteiger charge is -2.02. The van der Waals surface area contributed by atoms with Gasteiger partial charge in [0.25, 0.3) is 11.6 Å². The fraction of sp³-hybridized carbons (Fsp3) is 0.158. The normalized spacial score (nSPS) is 11.5. The summed E-state index contributed by atoms with van der Waals surface area (Å²) in [5.41, 5.74) is 3.12. The van der Waals surface area contributed by atoms with Crippen molar-refractivity contribution in [3.05, 3.63) is 68.0 Å². The molecule has 0 bridgehead atoms. The Morgan fingerprint density at radius 3 is 2.81 bits per heavy atom. The Balaban J connectivity index is 2.18. The van der Waals surface area contributed by atoms with Crippen LogP contribution in [0.3, 0.4) is 0 Å². The van der Waals surface area contributed by atoms with Crippen LogP contribution < -0.4 is 4.80 Å². The maximum atomic E-state index is 12.5. The number of amides is 1. The first-order valence-electron chi connectivity index (χ1n) is 7.78. The minimum atomic E-state index is -0.541. The van der Waals surface area contributed by atoms with E-state index in [2.05, 4.69) is 17.0 Å². The third-order valence-corrected chi connectivity index (χ3v) is 5.09. The van der Waals surface area contributed by atoms with Crippen LogP contribution >= 0.6 is 11.3 Å². The second-order valence-electron chi connectivity index (χ2n) is 5.83. The standard InChI is InChI=1S/C19H15N3O3S/c1-4-8-21-16-10-12(2)9-13(3)17(16)26-19(21)20-18(23)14-6-5-7-15(11-14)22(24)25/h1,5-7,9-11H,8H2,2-3H3. The second-order valence-corrected chi connectivity index (χ2v) is 6.81. The summed E-state index contributed by atoms with van der Waals surface area (Å²) < 4.78 is 2.83. The number of terminal acetylenes is 1. The minimum Gasteiger partial charge on any atom is -0.305 e. The third kappa shape index (κ3) is 3.27. The number of benzene rings is 2. The summed E-state index contributed by atoms with van der Waals surface area (Å²) in [6.07, 6.45) is 5.48. The van der Waals surface area contributed by atoms with E-state index in [0.29, 0.717) is 4.80 Å². The van der Waals surface area contributed by atoms with Crippen molar-refractivity contribution in [1.29, 1.82) is 0 Å². The summed E-state index contributed by atoms with van der Waals surface area (Å²) >= 11 is 1.38. The summed E-state index contributed by atoms with van der Waals surface area (Å²) in [6, 6.07) is 9.60. The molecule has 3 rings (SSSR count). The van der Waals surface area contributed by atoms with E-state index in [1.54, 1.807) is 0 Å². The molecule has 26 heavy (non-hydrogen) atoms. The number of aryl methyl sites for hydroxylation is 2. The van der Waals surface area contributed by atoms with Gasteiger partial charge in [0, 0.05) is 17.7 Å². The molecule has 1 amide bonds. The molecule has 6 nitrogen and oxygen atoms in total. The van der Waals surface area contributed by atoms with Crippen LogP contribution in [0.4, 0.5) is 5.69 Å². The molecule has 0 unspecified atom stereocenters. The number of aromatic nitrogens is 1. The van der Waals surface area contributed by atoms with Crippen LogP contribution in [0.15, 0.2) is 41.4 Å². The van der Waals surface area contributed by atoms with Crippen molar-refractivity contribution in [3.63, 3.8) is 0 Å². The van der Waals surface area contributed by atoms with Crippen LogP contribution in [0.1, 0.15) is 21.5 Å². The summed E-state index contributed by atoms with van der Waals surface area (Å²) in [7, 11) is 0. The van der Waals surface area contributed by atoms with Crippen molar-refractivity contribution < 1.29 is 9.72 Å². The van der Waals surface area contributed by atoms with Crippen molar-refractivity contribution in [3.8, 4) is 12.3 Å². The van der Waals surface area contributed by atoms with Gasteiger partial charge < -0.3 is 4.57 Å². The van der Waals surface area contributed by atoms with Crippen LogP contribution in [-0.4, -0.2) is 15.4 Å². The maximum Gasteiger partial charge on any atom is 0.279 e. The third-order valence-electron chi connectivity index (χ3n) is 3.86. The highest BCUT2D eigenvalue weighted by molar-refractivity contribution is 7.16. The highest BCUT2D eigenvalue weighted by Gasteiger charge is 2.13. The summed E-state index contributed by atoms with van der Waals surface area (Å²) in [6.45, 7) is 4.28. The maximum absolute atomic E-state index is 12.5. The van der Waals surface area contributed by atoms with Gasteiger partial charge in [-0.25, -0.2) is 0 Å². The van der Waals surface area contributed by atoms with Gasteiger partial charge in [0.15, 0.2) is 4.80 Å².